The third-order valence-electron chi connectivity index (χ3n) is 8.51. The SMILES string of the molecule is C[C@@H](NCCn1cnnn1)[C@H]1C(=O)N2C(C(=O)O)=C(S[C@@H]3CNC(C(=O)N4CCN(C(=O)CCN)CC4)C3)[C@H](C)[C@H]12. The van der Waals surface area contributed by atoms with Crippen molar-refractivity contribution in [3.8, 4) is 0 Å². The average molecular weight is 591 g/mol. The molecule has 5 N–H and O–H groups in total. The number of fused-ring (bicyclic) bond motifs is 1. The van der Waals surface area contributed by atoms with Crippen LogP contribution in [0.5, 0.6) is 0 Å². The van der Waals surface area contributed by atoms with Crippen molar-refractivity contribution in [3.63, 3.8) is 0 Å². The summed E-state index contributed by atoms with van der Waals surface area (Å²) in [6, 6.07) is -0.736. The van der Waals surface area contributed by atoms with E-state index in [2.05, 4.69) is 26.2 Å². The van der Waals surface area contributed by atoms with Gasteiger partial charge in [0.15, 0.2) is 0 Å². The standard InChI is InChI=1S/C25H38N10O5S/c1-14-20-19(15(2)27-5-6-34-13-29-30-31-34)24(38)35(20)21(25(39)40)22(14)41-16-11-17(28-12-16)23(37)33-9-7-32(8-10-33)18(36)3-4-26/h13-17,19-20,27-28H,3-12,26H2,1-2H3,(H,39,40)/t14-,15-,16+,17?,19-,20-/m1/s1. The first-order chi connectivity index (χ1) is 19.7. The van der Waals surface area contributed by atoms with Crippen LogP contribution in [0.3, 0.4) is 0 Å². The van der Waals surface area contributed by atoms with Gasteiger partial charge in [-0.05, 0) is 23.8 Å². The Balaban J connectivity index is 1.16. The first kappa shape index (κ1) is 29.4. The lowest BCUT2D eigenvalue weighted by Gasteiger charge is -2.47. The molecule has 0 radical (unpaired) electrons. The number of nitrogens with two attached hydrogens (primary N) is 1. The number of hydrogen-bond donors (Lipinski definition) is 4. The summed E-state index contributed by atoms with van der Waals surface area (Å²) >= 11 is 1.48. The Morgan fingerprint density at radius 1 is 1.24 bits per heavy atom. The second-order valence-electron chi connectivity index (χ2n) is 11.0. The summed E-state index contributed by atoms with van der Waals surface area (Å²) in [7, 11) is 0. The highest BCUT2D eigenvalue weighted by Gasteiger charge is 2.60. The maximum Gasteiger partial charge on any atom is 0.353 e. The molecule has 4 aliphatic heterocycles. The van der Waals surface area contributed by atoms with Gasteiger partial charge in [0, 0.05) is 74.3 Å². The monoisotopic (exact) mass is 590 g/mol. The zero-order valence-electron chi connectivity index (χ0n) is 23.3. The molecule has 3 amide bonds. The van der Waals surface area contributed by atoms with Crippen LogP contribution >= 0.6 is 11.8 Å². The zero-order valence-corrected chi connectivity index (χ0v) is 24.1. The van der Waals surface area contributed by atoms with Gasteiger partial charge in [0.05, 0.1) is 24.5 Å². The number of carboxylic acids is 1. The average Bonchev–Trinajstić information content (AvgIpc) is 3.69. The molecular weight excluding hydrogens is 552 g/mol. The van der Waals surface area contributed by atoms with E-state index in [0.717, 1.165) is 0 Å². The number of piperazine rings is 1. The summed E-state index contributed by atoms with van der Waals surface area (Å²) in [5, 5.41) is 27.8. The number of carbonyl (C=O) groups is 4. The Hall–Kier alpha value is -3.08. The highest BCUT2D eigenvalue weighted by molar-refractivity contribution is 8.03. The fourth-order valence-corrected chi connectivity index (χ4v) is 7.83. The Kier molecular flexibility index (Phi) is 8.91. The van der Waals surface area contributed by atoms with E-state index in [0.29, 0.717) is 70.1 Å². The molecule has 6 atom stereocenters. The highest BCUT2D eigenvalue weighted by atomic mass is 32.2. The van der Waals surface area contributed by atoms with E-state index in [1.54, 1.807) is 14.5 Å². The van der Waals surface area contributed by atoms with Crippen molar-refractivity contribution >= 4 is 35.5 Å². The van der Waals surface area contributed by atoms with E-state index in [9.17, 15) is 24.3 Å². The quantitative estimate of drug-likeness (QED) is 0.206. The van der Waals surface area contributed by atoms with Crippen LogP contribution in [0.4, 0.5) is 0 Å². The van der Waals surface area contributed by atoms with E-state index in [1.807, 2.05) is 13.8 Å². The van der Waals surface area contributed by atoms with Gasteiger partial charge in [0.1, 0.15) is 12.0 Å². The van der Waals surface area contributed by atoms with Gasteiger partial charge in [0.25, 0.3) is 0 Å². The molecule has 41 heavy (non-hydrogen) atoms. The fraction of sp³-hybridized carbons (Fsp3) is 0.720. The van der Waals surface area contributed by atoms with Crippen molar-refractivity contribution in [2.24, 2.45) is 17.6 Å². The summed E-state index contributed by atoms with van der Waals surface area (Å²) in [6.45, 7) is 7.90. The zero-order chi connectivity index (χ0) is 29.3. The summed E-state index contributed by atoms with van der Waals surface area (Å²) in [4.78, 5) is 56.5. The van der Waals surface area contributed by atoms with Crippen molar-refractivity contribution in [2.75, 3.05) is 45.8 Å². The van der Waals surface area contributed by atoms with Crippen molar-refractivity contribution in [3.05, 3.63) is 16.9 Å². The second kappa shape index (κ2) is 12.4. The lowest BCUT2D eigenvalue weighted by Crippen LogP contribution is -2.65. The number of amides is 3. The molecule has 1 unspecified atom stereocenters. The van der Waals surface area contributed by atoms with Gasteiger partial charge in [-0.2, -0.15) is 0 Å². The lowest BCUT2D eigenvalue weighted by atomic mass is 9.78. The number of nitrogens with zero attached hydrogens (tertiary/aromatic N) is 7. The van der Waals surface area contributed by atoms with E-state index in [-0.39, 0.29) is 58.6 Å². The van der Waals surface area contributed by atoms with Crippen molar-refractivity contribution in [1.29, 1.82) is 0 Å². The number of aromatic nitrogens is 4. The van der Waals surface area contributed by atoms with E-state index in [1.165, 1.54) is 23.0 Å². The number of tetrazole rings is 1. The minimum atomic E-state index is -1.10. The second-order valence-corrected chi connectivity index (χ2v) is 12.4. The first-order valence-electron chi connectivity index (χ1n) is 14.1. The van der Waals surface area contributed by atoms with Crippen molar-refractivity contribution < 1.29 is 24.3 Å². The van der Waals surface area contributed by atoms with Gasteiger partial charge < -0.3 is 36.2 Å². The summed E-state index contributed by atoms with van der Waals surface area (Å²) in [5.41, 5.74) is 5.56. The molecule has 0 bridgehead atoms. The summed E-state index contributed by atoms with van der Waals surface area (Å²) in [5.74, 6) is -1.73. The van der Waals surface area contributed by atoms with Gasteiger partial charge in [0.2, 0.25) is 17.7 Å². The van der Waals surface area contributed by atoms with Crippen LogP contribution in [0.25, 0.3) is 0 Å². The van der Waals surface area contributed by atoms with E-state index in [4.69, 9.17) is 5.73 Å². The van der Waals surface area contributed by atoms with Crippen molar-refractivity contribution in [2.45, 2.75) is 56.6 Å². The molecular formula is C25H38N10O5S. The van der Waals surface area contributed by atoms with Gasteiger partial charge in [-0.25, -0.2) is 9.48 Å². The predicted molar refractivity (Wildman–Crippen MR) is 148 cm³/mol. The van der Waals surface area contributed by atoms with Gasteiger partial charge in [-0.1, -0.05) is 6.92 Å². The van der Waals surface area contributed by atoms with Crippen LogP contribution in [0.1, 0.15) is 26.7 Å². The molecule has 0 saturated carbocycles. The van der Waals surface area contributed by atoms with Gasteiger partial charge >= 0.3 is 5.97 Å². The number of carboxylic acid groups (broad SMARTS) is 1. The fourth-order valence-electron chi connectivity index (χ4n) is 6.35. The molecule has 3 saturated heterocycles. The number of aliphatic carboxylic acids is 1. The maximum atomic E-state index is 13.2. The number of nitrogens with one attached hydrogen (secondary N) is 2. The number of hydrogen-bond acceptors (Lipinski definition) is 11. The minimum absolute atomic E-state index is 0.00209. The molecule has 4 aliphatic rings. The number of carbonyl (C=O) groups excluding carboxylic acids is 3. The molecule has 15 nitrogen and oxygen atoms in total. The Morgan fingerprint density at radius 3 is 2.63 bits per heavy atom. The molecule has 0 spiro atoms. The first-order valence-corrected chi connectivity index (χ1v) is 15.0. The largest absolute Gasteiger partial charge is 0.477 e. The van der Waals surface area contributed by atoms with Crippen LogP contribution in [0.15, 0.2) is 16.9 Å². The molecule has 5 heterocycles. The van der Waals surface area contributed by atoms with E-state index >= 15 is 0 Å². The smallest absolute Gasteiger partial charge is 0.353 e. The highest BCUT2D eigenvalue weighted by Crippen LogP contribution is 2.51. The maximum absolute atomic E-state index is 13.2. The molecule has 1 aromatic rings. The molecule has 1 aromatic heterocycles. The van der Waals surface area contributed by atoms with E-state index < -0.39 is 5.97 Å². The Morgan fingerprint density at radius 2 is 1.98 bits per heavy atom. The van der Waals surface area contributed by atoms with Crippen LogP contribution in [0, 0.1) is 11.8 Å². The molecule has 3 fully saturated rings. The molecule has 16 heteroatoms. The molecule has 0 aliphatic carbocycles. The molecule has 224 valence electrons. The van der Waals surface area contributed by atoms with Crippen LogP contribution in [-0.4, -0.2) is 133 Å². The summed E-state index contributed by atoms with van der Waals surface area (Å²) in [6.07, 6.45) is 2.40. The van der Waals surface area contributed by atoms with Crippen LogP contribution < -0.4 is 16.4 Å². The third kappa shape index (κ3) is 5.82. The van der Waals surface area contributed by atoms with Crippen LogP contribution in [-0.2, 0) is 25.7 Å². The number of β-lactam (4-membered cyclic amide) rings is 1. The van der Waals surface area contributed by atoms with Gasteiger partial charge in [-0.3, -0.25) is 14.4 Å². The van der Waals surface area contributed by atoms with Crippen molar-refractivity contribution in [1.82, 2.24) is 45.5 Å². The third-order valence-corrected chi connectivity index (χ3v) is 10.0. The number of thioether (sulfide) groups is 1. The number of rotatable bonds is 11. The van der Waals surface area contributed by atoms with Gasteiger partial charge in [-0.15, -0.1) is 16.9 Å². The summed E-state index contributed by atoms with van der Waals surface area (Å²) < 4.78 is 1.60. The van der Waals surface area contributed by atoms with Crippen LogP contribution in [0.2, 0.25) is 0 Å². The Labute approximate surface area is 242 Å². The Bertz CT molecular complexity index is 1190. The minimum Gasteiger partial charge on any atom is -0.477 e. The normalized spacial score (nSPS) is 28.6. The topological polar surface area (TPSA) is 192 Å². The molecule has 0 aromatic carbocycles. The predicted octanol–water partition coefficient (Wildman–Crippen LogP) is -2.09. The molecule has 5 rings (SSSR count). The lowest BCUT2D eigenvalue weighted by molar-refractivity contribution is -0.158.